The van der Waals surface area contributed by atoms with Crippen LogP contribution in [-0.2, 0) is 0 Å². The van der Waals surface area contributed by atoms with E-state index >= 15 is 0 Å². The molecule has 0 saturated heterocycles. The third kappa shape index (κ3) is 3.05. The molecule has 0 unspecified atom stereocenters. The van der Waals surface area contributed by atoms with E-state index in [0.29, 0.717) is 37.5 Å². The number of anilines is 1. The number of aromatic amines is 1. The highest BCUT2D eigenvalue weighted by Gasteiger charge is 2.16. The molecule has 4 aromatic rings. The van der Waals surface area contributed by atoms with Crippen LogP contribution < -0.4 is 10.7 Å². The van der Waals surface area contributed by atoms with Crippen LogP contribution in [0.1, 0.15) is 15.9 Å². The summed E-state index contributed by atoms with van der Waals surface area (Å²) < 4.78 is 0. The standard InChI is InChI=1S/C20H13Cl2N3O2/c1-10-15(22)4-3-12-18(10)24-9-14(19(12)26)20(27)25-17-6-7-23-16-5-2-11(21)8-13(16)17/h2-9H,1H3,(H,24,26)(H,23,25,27). The summed E-state index contributed by atoms with van der Waals surface area (Å²) in [6.07, 6.45) is 2.99. The minimum atomic E-state index is -0.516. The molecule has 4 rings (SSSR count). The number of aromatic nitrogens is 2. The van der Waals surface area contributed by atoms with E-state index < -0.39 is 5.91 Å². The van der Waals surface area contributed by atoms with Gasteiger partial charge in [0.15, 0.2) is 0 Å². The fourth-order valence-electron chi connectivity index (χ4n) is 3.00. The molecule has 2 aromatic heterocycles. The van der Waals surface area contributed by atoms with Gasteiger partial charge in [0.2, 0.25) is 5.43 Å². The van der Waals surface area contributed by atoms with Gasteiger partial charge in [0.05, 0.1) is 16.7 Å². The number of fused-ring (bicyclic) bond motifs is 2. The highest BCUT2D eigenvalue weighted by atomic mass is 35.5. The fraction of sp³-hybridized carbons (Fsp3) is 0.0500. The van der Waals surface area contributed by atoms with Crippen LogP contribution in [0.15, 0.2) is 53.6 Å². The second-order valence-corrected chi connectivity index (χ2v) is 6.94. The number of benzene rings is 2. The van der Waals surface area contributed by atoms with Gasteiger partial charge in [-0.2, -0.15) is 0 Å². The lowest BCUT2D eigenvalue weighted by molar-refractivity contribution is 0.102. The van der Waals surface area contributed by atoms with Crippen LogP contribution in [0.4, 0.5) is 5.69 Å². The summed E-state index contributed by atoms with van der Waals surface area (Å²) in [6, 6.07) is 10.1. The van der Waals surface area contributed by atoms with Gasteiger partial charge in [0.25, 0.3) is 5.91 Å². The van der Waals surface area contributed by atoms with Crippen molar-refractivity contribution in [1.29, 1.82) is 0 Å². The first-order chi connectivity index (χ1) is 13.0. The Morgan fingerprint density at radius 3 is 2.74 bits per heavy atom. The number of hydrogen-bond acceptors (Lipinski definition) is 3. The summed E-state index contributed by atoms with van der Waals surface area (Å²) in [5.74, 6) is -0.516. The number of nitrogens with one attached hydrogen (secondary N) is 2. The number of amides is 1. The van der Waals surface area contributed by atoms with E-state index in [9.17, 15) is 9.59 Å². The minimum absolute atomic E-state index is 0.0104. The molecular formula is C20H13Cl2N3O2. The number of carbonyl (C=O) groups excluding carboxylic acids is 1. The SMILES string of the molecule is Cc1c(Cl)ccc2c(=O)c(C(=O)Nc3ccnc4ccc(Cl)cc34)c[nH]c12. The van der Waals surface area contributed by atoms with E-state index in [1.807, 2.05) is 6.92 Å². The van der Waals surface area contributed by atoms with Crippen molar-refractivity contribution in [2.75, 3.05) is 5.32 Å². The Bertz CT molecular complexity index is 1280. The summed E-state index contributed by atoms with van der Waals surface area (Å²) in [6.45, 7) is 1.81. The summed E-state index contributed by atoms with van der Waals surface area (Å²) in [7, 11) is 0. The van der Waals surface area contributed by atoms with Gasteiger partial charge in [0, 0.05) is 33.2 Å². The zero-order chi connectivity index (χ0) is 19.1. The van der Waals surface area contributed by atoms with Gasteiger partial charge in [0.1, 0.15) is 5.56 Å². The first-order valence-corrected chi connectivity index (χ1v) is 8.87. The molecule has 5 nitrogen and oxygen atoms in total. The predicted molar refractivity (Wildman–Crippen MR) is 109 cm³/mol. The van der Waals surface area contributed by atoms with Gasteiger partial charge < -0.3 is 10.3 Å². The molecule has 0 spiro atoms. The van der Waals surface area contributed by atoms with Gasteiger partial charge in [-0.15, -0.1) is 0 Å². The maximum Gasteiger partial charge on any atom is 0.261 e. The van der Waals surface area contributed by atoms with Gasteiger partial charge in [-0.05, 0) is 48.9 Å². The maximum atomic E-state index is 12.8. The zero-order valence-corrected chi connectivity index (χ0v) is 15.7. The molecule has 0 aliphatic heterocycles. The molecule has 2 aromatic carbocycles. The number of carbonyl (C=O) groups is 1. The van der Waals surface area contributed by atoms with E-state index in [1.165, 1.54) is 6.20 Å². The molecule has 0 saturated carbocycles. The van der Waals surface area contributed by atoms with E-state index in [4.69, 9.17) is 23.2 Å². The third-order valence-electron chi connectivity index (χ3n) is 4.45. The van der Waals surface area contributed by atoms with Gasteiger partial charge in [-0.3, -0.25) is 14.6 Å². The van der Waals surface area contributed by atoms with Crippen LogP contribution in [-0.4, -0.2) is 15.9 Å². The normalized spacial score (nSPS) is 11.1. The smallest absolute Gasteiger partial charge is 0.261 e. The van der Waals surface area contributed by atoms with Gasteiger partial charge in [-0.1, -0.05) is 23.2 Å². The molecule has 0 radical (unpaired) electrons. The van der Waals surface area contributed by atoms with Crippen molar-refractivity contribution in [3.63, 3.8) is 0 Å². The predicted octanol–water partition coefficient (Wildman–Crippen LogP) is 4.94. The number of hydrogen-bond donors (Lipinski definition) is 2. The number of H-pyrrole nitrogens is 1. The lowest BCUT2D eigenvalue weighted by Gasteiger charge is -2.10. The Balaban J connectivity index is 1.78. The zero-order valence-electron chi connectivity index (χ0n) is 14.1. The topological polar surface area (TPSA) is 74.8 Å². The number of rotatable bonds is 2. The Morgan fingerprint density at radius 1 is 1.11 bits per heavy atom. The monoisotopic (exact) mass is 397 g/mol. The Kier molecular flexibility index (Phi) is 4.34. The Hall–Kier alpha value is -2.89. The van der Waals surface area contributed by atoms with Crippen molar-refractivity contribution in [3.8, 4) is 0 Å². The minimum Gasteiger partial charge on any atom is -0.360 e. The van der Waals surface area contributed by atoms with Crippen LogP contribution in [0.5, 0.6) is 0 Å². The molecule has 0 bridgehead atoms. The second kappa shape index (κ2) is 6.68. The van der Waals surface area contributed by atoms with E-state index in [-0.39, 0.29) is 11.0 Å². The van der Waals surface area contributed by atoms with Crippen molar-refractivity contribution in [2.45, 2.75) is 6.92 Å². The van der Waals surface area contributed by atoms with Crippen molar-refractivity contribution in [2.24, 2.45) is 0 Å². The summed E-state index contributed by atoms with van der Waals surface area (Å²) in [4.78, 5) is 32.8. The van der Waals surface area contributed by atoms with E-state index in [2.05, 4.69) is 15.3 Å². The summed E-state index contributed by atoms with van der Waals surface area (Å²) in [5.41, 5.74) is 2.24. The number of halogens is 2. The maximum absolute atomic E-state index is 12.8. The summed E-state index contributed by atoms with van der Waals surface area (Å²) in [5, 5.41) is 4.96. The average molecular weight is 398 g/mol. The van der Waals surface area contributed by atoms with Crippen LogP contribution in [0.25, 0.3) is 21.8 Å². The van der Waals surface area contributed by atoms with Crippen molar-refractivity contribution >= 4 is 56.6 Å². The number of pyridine rings is 2. The number of aryl methyl sites for hydroxylation is 1. The Labute approximate surface area is 164 Å². The third-order valence-corrected chi connectivity index (χ3v) is 5.09. The lowest BCUT2D eigenvalue weighted by atomic mass is 10.1. The average Bonchev–Trinajstić information content (AvgIpc) is 2.65. The molecule has 2 N–H and O–H groups in total. The van der Waals surface area contributed by atoms with Crippen molar-refractivity contribution < 1.29 is 4.79 Å². The molecule has 0 fully saturated rings. The van der Waals surface area contributed by atoms with Crippen LogP contribution in [0, 0.1) is 6.92 Å². The second-order valence-electron chi connectivity index (χ2n) is 6.10. The van der Waals surface area contributed by atoms with Crippen LogP contribution >= 0.6 is 23.2 Å². The molecule has 0 aliphatic rings. The molecule has 0 aliphatic carbocycles. The van der Waals surface area contributed by atoms with Crippen molar-refractivity contribution in [3.05, 3.63) is 80.2 Å². The molecule has 0 atom stereocenters. The molecular weight excluding hydrogens is 385 g/mol. The first kappa shape index (κ1) is 17.5. The van der Waals surface area contributed by atoms with Crippen LogP contribution in [0.2, 0.25) is 10.0 Å². The Morgan fingerprint density at radius 2 is 1.93 bits per heavy atom. The van der Waals surface area contributed by atoms with Gasteiger partial charge >= 0.3 is 0 Å². The highest BCUT2D eigenvalue weighted by molar-refractivity contribution is 6.32. The van der Waals surface area contributed by atoms with Crippen molar-refractivity contribution in [1.82, 2.24) is 9.97 Å². The largest absolute Gasteiger partial charge is 0.360 e. The molecule has 2 heterocycles. The van der Waals surface area contributed by atoms with Gasteiger partial charge in [-0.25, -0.2) is 0 Å². The highest BCUT2D eigenvalue weighted by Crippen LogP contribution is 2.26. The van der Waals surface area contributed by atoms with E-state index in [1.54, 1.807) is 42.6 Å². The summed E-state index contributed by atoms with van der Waals surface area (Å²) >= 11 is 12.2. The first-order valence-electron chi connectivity index (χ1n) is 8.12. The molecule has 1 amide bonds. The van der Waals surface area contributed by atoms with Crippen LogP contribution in [0.3, 0.4) is 0 Å². The lowest BCUT2D eigenvalue weighted by Crippen LogP contribution is -2.22. The molecule has 7 heteroatoms. The molecule has 134 valence electrons. The fourth-order valence-corrected chi connectivity index (χ4v) is 3.33. The molecule has 27 heavy (non-hydrogen) atoms. The quantitative estimate of drug-likeness (QED) is 0.502. The van der Waals surface area contributed by atoms with E-state index in [0.717, 1.165) is 5.56 Å². The number of nitrogens with zero attached hydrogens (tertiary/aromatic N) is 1.